The van der Waals surface area contributed by atoms with Crippen LogP contribution in [0.2, 0.25) is 0 Å². The van der Waals surface area contributed by atoms with Crippen LogP contribution in [0.5, 0.6) is 5.75 Å². The van der Waals surface area contributed by atoms with Gasteiger partial charge in [0.2, 0.25) is 5.43 Å². The lowest BCUT2D eigenvalue weighted by Gasteiger charge is -2.21. The number of pyridine rings is 1. The van der Waals surface area contributed by atoms with Gasteiger partial charge in [0, 0.05) is 36.2 Å². The molecule has 2 atom stereocenters. The number of carboxylic acids is 1. The molecule has 0 bridgehead atoms. The number of hydrogen-bond acceptors (Lipinski definition) is 4. The summed E-state index contributed by atoms with van der Waals surface area (Å²) in [7, 11) is 0. The number of nitrogens with zero attached hydrogens (tertiary/aromatic N) is 1. The van der Waals surface area contributed by atoms with Crippen LogP contribution in [0.4, 0.5) is 4.39 Å². The Kier molecular flexibility index (Phi) is 4.19. The number of rotatable bonds is 5. The Bertz CT molecular complexity index is 929. The number of ether oxygens (including phenoxy) is 1. The maximum atomic E-state index is 14.6. The van der Waals surface area contributed by atoms with E-state index >= 15 is 0 Å². The number of halogens is 1. The quantitative estimate of drug-likeness (QED) is 0.857. The summed E-state index contributed by atoms with van der Waals surface area (Å²) in [6.07, 6.45) is 4.02. The molecular weight excluding hydrogens is 339 g/mol. The summed E-state index contributed by atoms with van der Waals surface area (Å²) in [6.45, 7) is 3.69. The Morgan fingerprint density at radius 1 is 1.38 bits per heavy atom. The summed E-state index contributed by atoms with van der Waals surface area (Å²) < 4.78 is 22.2. The Hall–Kier alpha value is -2.41. The molecule has 0 radical (unpaired) electrons. The molecule has 2 N–H and O–H groups in total. The van der Waals surface area contributed by atoms with Crippen LogP contribution in [0, 0.1) is 11.7 Å². The van der Waals surface area contributed by atoms with Crippen molar-refractivity contribution in [2.45, 2.75) is 38.3 Å². The molecule has 6 nitrogen and oxygen atoms in total. The molecule has 1 saturated carbocycles. The minimum atomic E-state index is -1.30. The predicted molar refractivity (Wildman–Crippen MR) is 94.5 cm³/mol. The summed E-state index contributed by atoms with van der Waals surface area (Å²) in [6, 6.07) is 2.79. The molecule has 2 fully saturated rings. The van der Waals surface area contributed by atoms with Crippen molar-refractivity contribution in [3.63, 3.8) is 0 Å². The number of aromatic carboxylic acids is 1. The minimum absolute atomic E-state index is 0.0804. The number of benzene rings is 1. The molecule has 1 saturated heterocycles. The zero-order valence-electron chi connectivity index (χ0n) is 14.5. The Labute approximate surface area is 149 Å². The average Bonchev–Trinajstić information content (AvgIpc) is 3.29. The topological polar surface area (TPSA) is 80.6 Å². The van der Waals surface area contributed by atoms with Crippen molar-refractivity contribution in [1.29, 1.82) is 0 Å². The summed E-state index contributed by atoms with van der Waals surface area (Å²) in [5.74, 6) is -1.52. The zero-order chi connectivity index (χ0) is 18.4. The first-order valence-electron chi connectivity index (χ1n) is 8.94. The Morgan fingerprint density at radius 3 is 2.77 bits per heavy atom. The molecule has 1 aromatic carbocycles. The normalized spacial score (nSPS) is 21.1. The van der Waals surface area contributed by atoms with Crippen LogP contribution in [-0.4, -0.2) is 34.8 Å². The fourth-order valence-corrected chi connectivity index (χ4v) is 3.62. The molecule has 2 aromatic rings. The molecule has 2 heterocycles. The van der Waals surface area contributed by atoms with Crippen LogP contribution in [0.3, 0.4) is 0 Å². The van der Waals surface area contributed by atoms with E-state index in [0.717, 1.165) is 38.4 Å². The third-order valence-electron chi connectivity index (χ3n) is 5.33. The van der Waals surface area contributed by atoms with E-state index in [4.69, 9.17) is 4.74 Å². The van der Waals surface area contributed by atoms with Gasteiger partial charge in [0.1, 0.15) is 11.7 Å². The van der Waals surface area contributed by atoms with Crippen LogP contribution in [0.15, 0.2) is 23.1 Å². The molecule has 138 valence electrons. The molecule has 4 rings (SSSR count). The number of carbonyl (C=O) groups is 1. The molecule has 1 aliphatic heterocycles. The van der Waals surface area contributed by atoms with Gasteiger partial charge < -0.3 is 19.7 Å². The highest BCUT2D eigenvalue weighted by molar-refractivity contribution is 5.93. The van der Waals surface area contributed by atoms with Gasteiger partial charge >= 0.3 is 5.97 Å². The molecule has 2 aliphatic rings. The van der Waals surface area contributed by atoms with E-state index in [1.165, 1.54) is 12.3 Å². The molecule has 7 heteroatoms. The van der Waals surface area contributed by atoms with Crippen molar-refractivity contribution < 1.29 is 19.0 Å². The first-order chi connectivity index (χ1) is 12.5. The van der Waals surface area contributed by atoms with Crippen molar-refractivity contribution in [3.8, 4) is 5.75 Å². The van der Waals surface area contributed by atoms with Gasteiger partial charge in [0.25, 0.3) is 0 Å². The van der Waals surface area contributed by atoms with Crippen molar-refractivity contribution >= 4 is 16.9 Å². The second-order valence-electron chi connectivity index (χ2n) is 7.19. The van der Waals surface area contributed by atoms with Gasteiger partial charge in [0.15, 0.2) is 11.6 Å². The number of aromatic nitrogens is 1. The van der Waals surface area contributed by atoms with E-state index in [0.29, 0.717) is 11.4 Å². The third kappa shape index (κ3) is 2.96. The summed E-state index contributed by atoms with van der Waals surface area (Å²) in [5.41, 5.74) is -0.471. The zero-order valence-corrected chi connectivity index (χ0v) is 14.5. The third-order valence-corrected chi connectivity index (χ3v) is 5.33. The Morgan fingerprint density at radius 2 is 2.15 bits per heavy atom. The van der Waals surface area contributed by atoms with Gasteiger partial charge in [-0.2, -0.15) is 0 Å². The molecular formula is C19H21FN2O4. The second-order valence-corrected chi connectivity index (χ2v) is 7.19. The minimum Gasteiger partial charge on any atom is -0.487 e. The number of carboxylic acid groups (broad SMARTS) is 1. The number of nitrogens with one attached hydrogen (secondary N) is 1. The lowest BCUT2D eigenvalue weighted by atomic mass is 10.0. The summed E-state index contributed by atoms with van der Waals surface area (Å²) in [4.78, 5) is 23.8. The van der Waals surface area contributed by atoms with Gasteiger partial charge in [-0.15, -0.1) is 0 Å². The first kappa shape index (κ1) is 17.0. The van der Waals surface area contributed by atoms with Gasteiger partial charge in [-0.1, -0.05) is 0 Å². The fraction of sp³-hybridized carbons (Fsp3) is 0.474. The molecule has 2 unspecified atom stereocenters. The van der Waals surface area contributed by atoms with Gasteiger partial charge in [-0.05, 0) is 38.8 Å². The molecule has 1 aliphatic carbocycles. The summed E-state index contributed by atoms with van der Waals surface area (Å²) in [5, 5.41) is 12.6. The second kappa shape index (κ2) is 6.39. The monoisotopic (exact) mass is 360 g/mol. The SMILES string of the molecule is CC(Oc1cc2c(cc1F)c(=O)c(C(=O)O)cn2C1CC1)C1CCNC1. The van der Waals surface area contributed by atoms with Crippen molar-refractivity contribution in [3.05, 3.63) is 39.9 Å². The molecule has 0 spiro atoms. The molecule has 0 amide bonds. The molecule has 1 aromatic heterocycles. The van der Waals surface area contributed by atoms with Crippen LogP contribution < -0.4 is 15.5 Å². The van der Waals surface area contributed by atoms with E-state index in [1.807, 2.05) is 6.92 Å². The van der Waals surface area contributed by atoms with Gasteiger partial charge in [-0.25, -0.2) is 9.18 Å². The van der Waals surface area contributed by atoms with E-state index in [9.17, 15) is 19.1 Å². The average molecular weight is 360 g/mol. The standard InChI is InChI=1S/C19H21FN2O4/c1-10(11-4-5-21-8-11)26-17-7-16-13(6-15(17)20)18(23)14(19(24)25)9-22(16)12-2-3-12/h6-7,9-12,21H,2-5,8H2,1H3,(H,24,25). The van der Waals surface area contributed by atoms with Crippen LogP contribution in [-0.2, 0) is 0 Å². The van der Waals surface area contributed by atoms with Crippen LogP contribution >= 0.6 is 0 Å². The molecule has 26 heavy (non-hydrogen) atoms. The fourth-order valence-electron chi connectivity index (χ4n) is 3.62. The highest BCUT2D eigenvalue weighted by Crippen LogP contribution is 2.38. The van der Waals surface area contributed by atoms with E-state index < -0.39 is 17.2 Å². The number of fused-ring (bicyclic) bond motifs is 1. The van der Waals surface area contributed by atoms with Gasteiger partial charge in [0.05, 0.1) is 5.52 Å². The maximum Gasteiger partial charge on any atom is 0.341 e. The van der Waals surface area contributed by atoms with Gasteiger partial charge in [-0.3, -0.25) is 4.79 Å². The van der Waals surface area contributed by atoms with E-state index in [1.54, 1.807) is 4.57 Å². The van der Waals surface area contributed by atoms with E-state index in [2.05, 4.69) is 5.32 Å². The lowest BCUT2D eigenvalue weighted by molar-refractivity contribution is 0.0695. The van der Waals surface area contributed by atoms with Crippen LogP contribution in [0.25, 0.3) is 10.9 Å². The van der Waals surface area contributed by atoms with E-state index in [-0.39, 0.29) is 28.8 Å². The predicted octanol–water partition coefficient (Wildman–Crippen LogP) is 2.55. The highest BCUT2D eigenvalue weighted by atomic mass is 19.1. The number of hydrogen-bond donors (Lipinski definition) is 2. The summed E-state index contributed by atoms with van der Waals surface area (Å²) >= 11 is 0. The van der Waals surface area contributed by atoms with Crippen LogP contribution in [0.1, 0.15) is 42.6 Å². The maximum absolute atomic E-state index is 14.6. The van der Waals surface area contributed by atoms with Crippen molar-refractivity contribution in [2.24, 2.45) is 5.92 Å². The Balaban J connectivity index is 1.80. The first-order valence-corrected chi connectivity index (χ1v) is 8.94. The highest BCUT2D eigenvalue weighted by Gasteiger charge is 2.28. The van der Waals surface area contributed by atoms with Crippen molar-refractivity contribution in [2.75, 3.05) is 13.1 Å². The lowest BCUT2D eigenvalue weighted by Crippen LogP contribution is -2.26. The smallest absolute Gasteiger partial charge is 0.341 e. The largest absolute Gasteiger partial charge is 0.487 e. The van der Waals surface area contributed by atoms with Crippen molar-refractivity contribution in [1.82, 2.24) is 9.88 Å².